The van der Waals surface area contributed by atoms with Gasteiger partial charge in [0.1, 0.15) is 11.5 Å². The molecule has 0 amide bonds. The van der Waals surface area contributed by atoms with Gasteiger partial charge in [0.25, 0.3) is 0 Å². The maximum atomic E-state index is 9.19. The van der Waals surface area contributed by atoms with Gasteiger partial charge in [-0.05, 0) is 29.8 Å². The first kappa shape index (κ1) is 15.8. The van der Waals surface area contributed by atoms with Gasteiger partial charge in [0, 0.05) is 23.2 Å². The van der Waals surface area contributed by atoms with Crippen molar-refractivity contribution in [1.82, 2.24) is 5.32 Å². The topological polar surface area (TPSA) is 41.5 Å². The highest BCUT2D eigenvalue weighted by Gasteiger charge is 2.07. The highest BCUT2D eigenvalue weighted by molar-refractivity contribution is 6.30. The van der Waals surface area contributed by atoms with Crippen LogP contribution in [0.1, 0.15) is 25.0 Å². The van der Waals surface area contributed by atoms with Crippen LogP contribution in [-0.4, -0.2) is 11.1 Å². The summed E-state index contributed by atoms with van der Waals surface area (Å²) in [6.45, 7) is 4.90. The summed E-state index contributed by atoms with van der Waals surface area (Å²) in [5, 5.41) is 13.2. The predicted molar refractivity (Wildman–Crippen MR) is 85.9 cm³/mol. The van der Waals surface area contributed by atoms with Crippen LogP contribution in [-0.2, 0) is 13.2 Å². The van der Waals surface area contributed by atoms with Gasteiger partial charge in [0.2, 0.25) is 0 Å². The van der Waals surface area contributed by atoms with Crippen LogP contribution < -0.4 is 10.1 Å². The van der Waals surface area contributed by atoms with E-state index in [9.17, 15) is 5.11 Å². The molecule has 2 aromatic carbocycles. The fourth-order valence-electron chi connectivity index (χ4n) is 1.92. The first-order chi connectivity index (χ1) is 10.1. The standard InChI is InChI=1S/C17H20ClNO2/c1-12(2)19-10-14-6-7-15(18)9-17(14)21-16-5-3-4-13(8-16)11-20/h3-9,12,19-20H,10-11H2,1-2H3. The van der Waals surface area contributed by atoms with Gasteiger partial charge in [-0.15, -0.1) is 0 Å². The molecule has 0 unspecified atom stereocenters. The van der Waals surface area contributed by atoms with Crippen LogP contribution in [0.5, 0.6) is 11.5 Å². The number of rotatable bonds is 6. The van der Waals surface area contributed by atoms with Crippen molar-refractivity contribution in [2.75, 3.05) is 0 Å². The number of ether oxygens (including phenoxy) is 1. The third-order valence-corrected chi connectivity index (χ3v) is 3.27. The van der Waals surface area contributed by atoms with Gasteiger partial charge in [0.05, 0.1) is 6.61 Å². The SMILES string of the molecule is CC(C)NCc1ccc(Cl)cc1Oc1cccc(CO)c1. The van der Waals surface area contributed by atoms with Crippen molar-refractivity contribution < 1.29 is 9.84 Å². The Bertz CT molecular complexity index is 599. The van der Waals surface area contributed by atoms with E-state index in [4.69, 9.17) is 16.3 Å². The summed E-state index contributed by atoms with van der Waals surface area (Å²) in [6, 6.07) is 13.4. The zero-order chi connectivity index (χ0) is 15.2. The van der Waals surface area contributed by atoms with Gasteiger partial charge in [-0.1, -0.05) is 43.6 Å². The minimum Gasteiger partial charge on any atom is -0.457 e. The van der Waals surface area contributed by atoms with Crippen molar-refractivity contribution in [3.8, 4) is 11.5 Å². The molecule has 0 saturated heterocycles. The summed E-state index contributed by atoms with van der Waals surface area (Å²) in [7, 11) is 0. The Labute approximate surface area is 130 Å². The summed E-state index contributed by atoms with van der Waals surface area (Å²) in [6.07, 6.45) is 0. The van der Waals surface area contributed by atoms with Gasteiger partial charge >= 0.3 is 0 Å². The maximum Gasteiger partial charge on any atom is 0.133 e. The van der Waals surface area contributed by atoms with Gasteiger partial charge in [-0.3, -0.25) is 0 Å². The van der Waals surface area contributed by atoms with Gasteiger partial charge in [0.15, 0.2) is 0 Å². The van der Waals surface area contributed by atoms with E-state index < -0.39 is 0 Å². The molecule has 4 heteroatoms. The van der Waals surface area contributed by atoms with Crippen LogP contribution in [0.3, 0.4) is 0 Å². The number of hydrogen-bond donors (Lipinski definition) is 2. The van der Waals surface area contributed by atoms with E-state index in [0.29, 0.717) is 23.4 Å². The van der Waals surface area contributed by atoms with Crippen LogP contribution in [0.15, 0.2) is 42.5 Å². The number of benzene rings is 2. The molecule has 2 N–H and O–H groups in total. The largest absolute Gasteiger partial charge is 0.457 e. The Balaban J connectivity index is 2.22. The first-order valence-corrected chi connectivity index (χ1v) is 7.35. The molecule has 0 radical (unpaired) electrons. The number of halogens is 1. The molecule has 3 nitrogen and oxygen atoms in total. The van der Waals surface area contributed by atoms with Crippen molar-refractivity contribution >= 4 is 11.6 Å². The lowest BCUT2D eigenvalue weighted by molar-refractivity contribution is 0.281. The second-order valence-electron chi connectivity index (χ2n) is 5.20. The molecule has 0 aliphatic carbocycles. The Kier molecular flexibility index (Phi) is 5.62. The van der Waals surface area contributed by atoms with Crippen LogP contribution in [0.2, 0.25) is 5.02 Å². The number of aliphatic hydroxyl groups is 1. The van der Waals surface area contributed by atoms with Crippen LogP contribution in [0.25, 0.3) is 0 Å². The van der Waals surface area contributed by atoms with E-state index >= 15 is 0 Å². The number of aliphatic hydroxyl groups excluding tert-OH is 1. The molecule has 2 aromatic rings. The maximum absolute atomic E-state index is 9.19. The third kappa shape index (κ3) is 4.74. The van der Waals surface area contributed by atoms with Gasteiger partial charge < -0.3 is 15.2 Å². The van der Waals surface area contributed by atoms with E-state index in [0.717, 1.165) is 16.9 Å². The Morgan fingerprint density at radius 1 is 1.19 bits per heavy atom. The Morgan fingerprint density at radius 3 is 2.71 bits per heavy atom. The lowest BCUT2D eigenvalue weighted by Crippen LogP contribution is -2.22. The lowest BCUT2D eigenvalue weighted by atomic mass is 10.2. The molecule has 21 heavy (non-hydrogen) atoms. The second kappa shape index (κ2) is 7.46. The van der Waals surface area contributed by atoms with Gasteiger partial charge in [-0.25, -0.2) is 0 Å². The molecule has 0 aliphatic heterocycles. The monoisotopic (exact) mass is 305 g/mol. The van der Waals surface area contributed by atoms with E-state index in [1.54, 1.807) is 0 Å². The minimum atomic E-state index is -0.00545. The van der Waals surface area contributed by atoms with Crippen molar-refractivity contribution in [3.05, 3.63) is 58.6 Å². The van der Waals surface area contributed by atoms with Crippen LogP contribution >= 0.6 is 11.6 Å². The molecular formula is C17H20ClNO2. The Hall–Kier alpha value is -1.55. The molecule has 0 spiro atoms. The van der Waals surface area contributed by atoms with Gasteiger partial charge in [-0.2, -0.15) is 0 Å². The summed E-state index contributed by atoms with van der Waals surface area (Å²) in [5.41, 5.74) is 1.86. The fourth-order valence-corrected chi connectivity index (χ4v) is 2.08. The molecule has 0 heterocycles. The Morgan fingerprint density at radius 2 is 2.00 bits per heavy atom. The smallest absolute Gasteiger partial charge is 0.133 e. The normalized spacial score (nSPS) is 10.9. The first-order valence-electron chi connectivity index (χ1n) is 6.98. The van der Waals surface area contributed by atoms with E-state index in [-0.39, 0.29) is 6.61 Å². The fraction of sp³-hybridized carbons (Fsp3) is 0.294. The average molecular weight is 306 g/mol. The van der Waals surface area contributed by atoms with Crippen LogP contribution in [0.4, 0.5) is 0 Å². The summed E-state index contributed by atoms with van der Waals surface area (Å²) in [4.78, 5) is 0. The molecule has 0 aliphatic rings. The summed E-state index contributed by atoms with van der Waals surface area (Å²) in [5.74, 6) is 1.42. The molecule has 0 atom stereocenters. The third-order valence-electron chi connectivity index (χ3n) is 3.04. The van der Waals surface area contributed by atoms with Crippen molar-refractivity contribution in [2.45, 2.75) is 33.0 Å². The second-order valence-corrected chi connectivity index (χ2v) is 5.63. The van der Waals surface area contributed by atoms with E-state index in [2.05, 4.69) is 19.2 Å². The molecule has 0 bridgehead atoms. The average Bonchev–Trinajstić information content (AvgIpc) is 2.46. The molecular weight excluding hydrogens is 286 g/mol. The summed E-state index contributed by atoms with van der Waals surface area (Å²) >= 11 is 6.06. The quantitative estimate of drug-likeness (QED) is 0.843. The molecule has 2 rings (SSSR count). The molecule has 0 saturated carbocycles. The molecule has 0 fully saturated rings. The highest BCUT2D eigenvalue weighted by atomic mass is 35.5. The number of hydrogen-bond acceptors (Lipinski definition) is 3. The molecule has 0 aromatic heterocycles. The zero-order valence-electron chi connectivity index (χ0n) is 12.3. The number of nitrogens with one attached hydrogen (secondary N) is 1. The highest BCUT2D eigenvalue weighted by Crippen LogP contribution is 2.29. The van der Waals surface area contributed by atoms with Crippen molar-refractivity contribution in [3.63, 3.8) is 0 Å². The zero-order valence-corrected chi connectivity index (χ0v) is 13.0. The lowest BCUT2D eigenvalue weighted by Gasteiger charge is -2.14. The van der Waals surface area contributed by atoms with E-state index in [1.165, 1.54) is 0 Å². The molecule has 112 valence electrons. The van der Waals surface area contributed by atoms with Crippen molar-refractivity contribution in [2.24, 2.45) is 0 Å². The van der Waals surface area contributed by atoms with Crippen LogP contribution in [0, 0.1) is 0 Å². The predicted octanol–water partition coefficient (Wildman–Crippen LogP) is 4.12. The minimum absolute atomic E-state index is 0.00545. The summed E-state index contributed by atoms with van der Waals surface area (Å²) < 4.78 is 5.93. The van der Waals surface area contributed by atoms with E-state index in [1.807, 2.05) is 42.5 Å². The van der Waals surface area contributed by atoms with Crippen molar-refractivity contribution in [1.29, 1.82) is 0 Å².